The number of benzene rings is 1. The monoisotopic (exact) mass is 268 g/mol. The van der Waals surface area contributed by atoms with Gasteiger partial charge in [0, 0.05) is 23.8 Å². The highest BCUT2D eigenvalue weighted by Crippen LogP contribution is 2.25. The average Bonchev–Trinajstić information content (AvgIpc) is 2.46. The molecule has 0 radical (unpaired) electrons. The van der Waals surface area contributed by atoms with Gasteiger partial charge in [0.1, 0.15) is 0 Å². The lowest BCUT2D eigenvalue weighted by Crippen LogP contribution is -2.28. The zero-order valence-corrected chi connectivity index (χ0v) is 11.6. The molecule has 1 aromatic carbocycles. The third-order valence-electron chi connectivity index (χ3n) is 3.62. The van der Waals surface area contributed by atoms with Crippen LogP contribution in [0.25, 0.3) is 0 Å². The number of nitrogens with two attached hydrogens (primary N) is 1. The van der Waals surface area contributed by atoms with E-state index in [1.165, 1.54) is 0 Å². The Morgan fingerprint density at radius 3 is 2.94 bits per heavy atom. The largest absolute Gasteiger partial charge is 0.399 e. The topological polar surface area (TPSA) is 49.5 Å². The summed E-state index contributed by atoms with van der Waals surface area (Å²) in [6, 6.07) is 5.60. The molecule has 1 aliphatic heterocycles. The van der Waals surface area contributed by atoms with Crippen LogP contribution in [0.3, 0.4) is 0 Å². The van der Waals surface area contributed by atoms with Crippen LogP contribution < -0.4 is 5.73 Å². The SMILES string of the molecule is CC1(O)CCCN(Cc2cc(N)ccc2Cl)CC1. The van der Waals surface area contributed by atoms with Crippen LogP contribution >= 0.6 is 11.6 Å². The van der Waals surface area contributed by atoms with Crippen LogP contribution in [0, 0.1) is 0 Å². The molecule has 3 N–H and O–H groups in total. The fourth-order valence-corrected chi connectivity index (χ4v) is 2.61. The van der Waals surface area contributed by atoms with E-state index in [1.807, 2.05) is 25.1 Å². The molecule has 1 aromatic rings. The van der Waals surface area contributed by atoms with Crippen LogP contribution in [0.4, 0.5) is 5.69 Å². The Labute approximate surface area is 114 Å². The molecule has 0 saturated carbocycles. The Bertz CT molecular complexity index is 420. The van der Waals surface area contributed by atoms with Crippen molar-refractivity contribution >= 4 is 17.3 Å². The summed E-state index contributed by atoms with van der Waals surface area (Å²) < 4.78 is 0. The molecule has 1 saturated heterocycles. The lowest BCUT2D eigenvalue weighted by atomic mass is 9.98. The van der Waals surface area contributed by atoms with Gasteiger partial charge in [0.25, 0.3) is 0 Å². The highest BCUT2D eigenvalue weighted by molar-refractivity contribution is 6.31. The summed E-state index contributed by atoms with van der Waals surface area (Å²) >= 11 is 6.18. The predicted octanol–water partition coefficient (Wildman–Crippen LogP) is 2.66. The van der Waals surface area contributed by atoms with Gasteiger partial charge in [-0.25, -0.2) is 0 Å². The van der Waals surface area contributed by atoms with Crippen LogP contribution in [-0.4, -0.2) is 28.7 Å². The molecular weight excluding hydrogens is 248 g/mol. The number of nitrogens with zero attached hydrogens (tertiary/aromatic N) is 1. The number of rotatable bonds is 2. The fraction of sp³-hybridized carbons (Fsp3) is 0.571. The van der Waals surface area contributed by atoms with Crippen molar-refractivity contribution in [2.24, 2.45) is 0 Å². The second-order valence-corrected chi connectivity index (χ2v) is 5.88. The van der Waals surface area contributed by atoms with Crippen molar-refractivity contribution in [2.75, 3.05) is 18.8 Å². The van der Waals surface area contributed by atoms with Gasteiger partial charge < -0.3 is 10.8 Å². The molecule has 1 unspecified atom stereocenters. The molecule has 1 fully saturated rings. The van der Waals surface area contributed by atoms with Crippen LogP contribution in [0.15, 0.2) is 18.2 Å². The zero-order valence-electron chi connectivity index (χ0n) is 10.8. The van der Waals surface area contributed by atoms with Gasteiger partial charge in [-0.05, 0) is 56.5 Å². The van der Waals surface area contributed by atoms with Crippen LogP contribution in [0.1, 0.15) is 31.7 Å². The molecule has 3 nitrogen and oxygen atoms in total. The first-order chi connectivity index (χ1) is 8.46. The van der Waals surface area contributed by atoms with E-state index in [1.54, 1.807) is 0 Å². The number of likely N-dealkylation sites (tertiary alicyclic amines) is 1. The second kappa shape index (κ2) is 5.47. The minimum absolute atomic E-state index is 0.520. The zero-order chi connectivity index (χ0) is 13.2. The predicted molar refractivity (Wildman–Crippen MR) is 75.6 cm³/mol. The molecule has 0 bridgehead atoms. The number of nitrogen functional groups attached to an aromatic ring is 1. The van der Waals surface area contributed by atoms with E-state index in [4.69, 9.17) is 17.3 Å². The average molecular weight is 269 g/mol. The van der Waals surface area contributed by atoms with E-state index >= 15 is 0 Å². The normalized spacial score (nSPS) is 25.9. The van der Waals surface area contributed by atoms with Crippen molar-refractivity contribution in [3.05, 3.63) is 28.8 Å². The highest BCUT2D eigenvalue weighted by atomic mass is 35.5. The smallest absolute Gasteiger partial charge is 0.0632 e. The minimum atomic E-state index is -0.520. The standard InChI is InChI=1S/C14H21ClN2O/c1-14(18)5-2-7-17(8-6-14)10-11-9-12(16)3-4-13(11)15/h3-4,9,18H,2,5-8,10,16H2,1H3. The maximum atomic E-state index is 10.1. The summed E-state index contributed by atoms with van der Waals surface area (Å²) in [6.45, 7) is 4.63. The van der Waals surface area contributed by atoms with Crippen molar-refractivity contribution < 1.29 is 5.11 Å². The fourth-order valence-electron chi connectivity index (χ4n) is 2.43. The molecule has 4 heteroatoms. The first kappa shape index (κ1) is 13.7. The summed E-state index contributed by atoms with van der Waals surface area (Å²) in [4.78, 5) is 2.34. The number of halogens is 1. The quantitative estimate of drug-likeness (QED) is 0.811. The molecule has 100 valence electrons. The molecule has 0 amide bonds. The minimum Gasteiger partial charge on any atom is -0.399 e. The van der Waals surface area contributed by atoms with Crippen LogP contribution in [0.5, 0.6) is 0 Å². The van der Waals surface area contributed by atoms with Gasteiger partial charge >= 0.3 is 0 Å². The molecule has 0 spiro atoms. The van der Waals surface area contributed by atoms with Gasteiger partial charge in [-0.1, -0.05) is 11.6 Å². The van der Waals surface area contributed by atoms with E-state index in [0.717, 1.165) is 55.2 Å². The van der Waals surface area contributed by atoms with E-state index < -0.39 is 5.60 Å². The Balaban J connectivity index is 2.03. The van der Waals surface area contributed by atoms with Gasteiger partial charge in [0.05, 0.1) is 5.60 Å². The molecule has 1 heterocycles. The first-order valence-corrected chi connectivity index (χ1v) is 6.83. The highest BCUT2D eigenvalue weighted by Gasteiger charge is 2.25. The van der Waals surface area contributed by atoms with Gasteiger partial charge in [0.2, 0.25) is 0 Å². The maximum Gasteiger partial charge on any atom is 0.0632 e. The molecular formula is C14H21ClN2O. The summed E-state index contributed by atoms with van der Waals surface area (Å²) in [5, 5.41) is 10.8. The summed E-state index contributed by atoms with van der Waals surface area (Å²) in [5.74, 6) is 0. The first-order valence-electron chi connectivity index (χ1n) is 6.45. The summed E-state index contributed by atoms with van der Waals surface area (Å²) in [5.41, 5.74) is 7.08. The Hall–Kier alpha value is -0.770. The van der Waals surface area contributed by atoms with Crippen molar-refractivity contribution in [1.82, 2.24) is 4.90 Å². The third kappa shape index (κ3) is 3.61. The lowest BCUT2D eigenvalue weighted by molar-refractivity contribution is 0.0444. The summed E-state index contributed by atoms with van der Waals surface area (Å²) in [6.07, 6.45) is 2.70. The third-order valence-corrected chi connectivity index (χ3v) is 3.99. The van der Waals surface area contributed by atoms with Crippen LogP contribution in [0.2, 0.25) is 5.02 Å². The van der Waals surface area contributed by atoms with Crippen molar-refractivity contribution in [1.29, 1.82) is 0 Å². The Morgan fingerprint density at radius 2 is 2.17 bits per heavy atom. The van der Waals surface area contributed by atoms with Gasteiger partial charge in [-0.2, -0.15) is 0 Å². The molecule has 18 heavy (non-hydrogen) atoms. The van der Waals surface area contributed by atoms with E-state index in [0.29, 0.717) is 0 Å². The molecule has 1 atom stereocenters. The van der Waals surface area contributed by atoms with Crippen molar-refractivity contribution in [3.8, 4) is 0 Å². The van der Waals surface area contributed by atoms with E-state index in [-0.39, 0.29) is 0 Å². The number of aliphatic hydroxyl groups is 1. The maximum absolute atomic E-state index is 10.1. The molecule has 0 aromatic heterocycles. The molecule has 0 aliphatic carbocycles. The van der Waals surface area contributed by atoms with Crippen LogP contribution in [-0.2, 0) is 6.54 Å². The summed E-state index contributed by atoms with van der Waals surface area (Å²) in [7, 11) is 0. The molecule has 2 rings (SSSR count). The second-order valence-electron chi connectivity index (χ2n) is 5.48. The van der Waals surface area contributed by atoms with Crippen molar-refractivity contribution in [3.63, 3.8) is 0 Å². The Morgan fingerprint density at radius 1 is 1.39 bits per heavy atom. The number of hydrogen-bond acceptors (Lipinski definition) is 3. The van der Waals surface area contributed by atoms with Gasteiger partial charge in [0.15, 0.2) is 0 Å². The van der Waals surface area contributed by atoms with Crippen molar-refractivity contribution in [2.45, 2.75) is 38.3 Å². The number of hydrogen-bond donors (Lipinski definition) is 2. The van der Waals surface area contributed by atoms with Gasteiger partial charge in [-0.15, -0.1) is 0 Å². The van der Waals surface area contributed by atoms with Gasteiger partial charge in [-0.3, -0.25) is 4.90 Å². The van der Waals surface area contributed by atoms with E-state index in [9.17, 15) is 5.11 Å². The van der Waals surface area contributed by atoms with E-state index in [2.05, 4.69) is 4.90 Å². The molecule has 1 aliphatic rings. The Kier molecular flexibility index (Phi) is 4.15. The lowest BCUT2D eigenvalue weighted by Gasteiger charge is -2.22. The number of anilines is 1.